The quantitative estimate of drug-likeness (QED) is 0.786. The minimum absolute atomic E-state index is 0.201. The van der Waals surface area contributed by atoms with Gasteiger partial charge in [0.1, 0.15) is 6.04 Å². The summed E-state index contributed by atoms with van der Waals surface area (Å²) in [6.45, 7) is 0. The maximum Gasteiger partial charge on any atom is 0.404 e. The molecule has 1 atom stereocenters. The second kappa shape index (κ2) is 3.95. The van der Waals surface area contributed by atoms with Gasteiger partial charge in [-0.1, -0.05) is 5.21 Å². The monoisotopic (exact) mass is 208 g/mol. The van der Waals surface area contributed by atoms with Gasteiger partial charge in [-0.15, -0.1) is 5.10 Å². The van der Waals surface area contributed by atoms with Gasteiger partial charge in [0, 0.05) is 19.7 Å². The first-order chi connectivity index (χ1) is 6.43. The zero-order valence-electron chi connectivity index (χ0n) is 7.84. The molecule has 0 aliphatic heterocycles. The van der Waals surface area contributed by atoms with Crippen molar-refractivity contribution in [2.75, 3.05) is 7.05 Å². The molecule has 0 amide bonds. The van der Waals surface area contributed by atoms with Crippen molar-refractivity contribution in [1.82, 2.24) is 20.3 Å². The molecule has 4 nitrogen and oxygen atoms in total. The lowest BCUT2D eigenvalue weighted by molar-refractivity contribution is -0.154. The molecule has 0 radical (unpaired) electrons. The molecule has 0 aliphatic rings. The number of aryl methyl sites for hydroxylation is 1. The molecular formula is C7H11F3N4. The first-order valence-corrected chi connectivity index (χ1v) is 4.02. The predicted molar refractivity (Wildman–Crippen MR) is 43.6 cm³/mol. The second-order valence-electron chi connectivity index (χ2n) is 2.97. The summed E-state index contributed by atoms with van der Waals surface area (Å²) in [4.78, 5) is 0. The number of rotatable bonds is 3. The summed E-state index contributed by atoms with van der Waals surface area (Å²) in [7, 11) is 2.88. The van der Waals surface area contributed by atoms with Crippen LogP contribution in [-0.2, 0) is 13.5 Å². The van der Waals surface area contributed by atoms with Gasteiger partial charge in [0.15, 0.2) is 0 Å². The van der Waals surface area contributed by atoms with Crippen LogP contribution in [0.5, 0.6) is 0 Å². The van der Waals surface area contributed by atoms with Gasteiger partial charge in [0.25, 0.3) is 0 Å². The molecule has 0 bridgehead atoms. The van der Waals surface area contributed by atoms with Gasteiger partial charge < -0.3 is 5.32 Å². The number of nitrogens with one attached hydrogen (secondary N) is 1. The van der Waals surface area contributed by atoms with Gasteiger partial charge >= 0.3 is 6.18 Å². The van der Waals surface area contributed by atoms with Crippen molar-refractivity contribution in [2.45, 2.75) is 18.6 Å². The van der Waals surface area contributed by atoms with Crippen molar-refractivity contribution >= 4 is 0 Å². The molecule has 0 spiro atoms. The summed E-state index contributed by atoms with van der Waals surface area (Å²) in [6.07, 6.45) is -2.99. The number of likely N-dealkylation sites (N-methyl/N-ethyl adjacent to an activating group) is 1. The van der Waals surface area contributed by atoms with Crippen LogP contribution in [0.1, 0.15) is 5.69 Å². The zero-order chi connectivity index (χ0) is 10.8. The molecular weight excluding hydrogens is 197 g/mol. The maximum absolute atomic E-state index is 12.3. The summed E-state index contributed by atoms with van der Waals surface area (Å²) >= 11 is 0. The number of aromatic nitrogens is 3. The van der Waals surface area contributed by atoms with Crippen LogP contribution >= 0.6 is 0 Å². The Morgan fingerprint density at radius 3 is 2.57 bits per heavy atom. The minimum Gasteiger partial charge on any atom is -0.309 e. The van der Waals surface area contributed by atoms with Gasteiger partial charge in [0.05, 0.1) is 5.69 Å². The van der Waals surface area contributed by atoms with Crippen LogP contribution in [0.25, 0.3) is 0 Å². The van der Waals surface area contributed by atoms with Crippen LogP contribution in [0.15, 0.2) is 6.20 Å². The van der Waals surface area contributed by atoms with Crippen molar-refractivity contribution in [3.05, 3.63) is 11.9 Å². The Labute approximate surface area is 79.1 Å². The van der Waals surface area contributed by atoms with Gasteiger partial charge in [-0.25, -0.2) is 0 Å². The van der Waals surface area contributed by atoms with E-state index in [4.69, 9.17) is 0 Å². The third-order valence-electron chi connectivity index (χ3n) is 1.81. The van der Waals surface area contributed by atoms with E-state index in [-0.39, 0.29) is 6.42 Å². The van der Waals surface area contributed by atoms with Gasteiger partial charge in [0.2, 0.25) is 0 Å². The van der Waals surface area contributed by atoms with Gasteiger partial charge in [-0.3, -0.25) is 4.68 Å². The lowest BCUT2D eigenvalue weighted by Crippen LogP contribution is -2.41. The van der Waals surface area contributed by atoms with Crippen molar-refractivity contribution in [1.29, 1.82) is 0 Å². The number of hydrogen-bond acceptors (Lipinski definition) is 3. The standard InChI is InChI=1S/C7H11F3N4/c1-11-6(7(8,9)10)3-5-4-14(2)13-12-5/h4,6,11H,3H2,1-2H3. The van der Waals surface area contributed by atoms with Crippen molar-refractivity contribution in [3.8, 4) is 0 Å². The Morgan fingerprint density at radius 1 is 1.57 bits per heavy atom. The highest BCUT2D eigenvalue weighted by Gasteiger charge is 2.38. The number of halogens is 3. The van der Waals surface area contributed by atoms with Crippen molar-refractivity contribution in [3.63, 3.8) is 0 Å². The van der Waals surface area contributed by atoms with Crippen LogP contribution in [0.3, 0.4) is 0 Å². The van der Waals surface area contributed by atoms with E-state index < -0.39 is 12.2 Å². The van der Waals surface area contributed by atoms with Crippen LogP contribution in [-0.4, -0.2) is 34.3 Å². The molecule has 0 aliphatic carbocycles. The van der Waals surface area contributed by atoms with Crippen LogP contribution in [0, 0.1) is 0 Å². The molecule has 1 rings (SSSR count). The first-order valence-electron chi connectivity index (χ1n) is 4.02. The highest BCUT2D eigenvalue weighted by Crippen LogP contribution is 2.22. The molecule has 1 aromatic heterocycles. The van der Waals surface area contributed by atoms with E-state index in [0.717, 1.165) is 0 Å². The molecule has 1 heterocycles. The highest BCUT2D eigenvalue weighted by atomic mass is 19.4. The average Bonchev–Trinajstić information content (AvgIpc) is 2.45. The molecule has 0 fully saturated rings. The molecule has 1 unspecified atom stereocenters. The predicted octanol–water partition coefficient (Wildman–Crippen LogP) is 0.508. The number of hydrogen-bond donors (Lipinski definition) is 1. The topological polar surface area (TPSA) is 42.7 Å². The summed E-state index contributed by atoms with van der Waals surface area (Å²) in [6, 6.07) is -1.57. The molecule has 0 saturated carbocycles. The molecule has 14 heavy (non-hydrogen) atoms. The third-order valence-corrected chi connectivity index (χ3v) is 1.81. The van der Waals surface area contributed by atoms with E-state index in [0.29, 0.717) is 5.69 Å². The fourth-order valence-corrected chi connectivity index (χ4v) is 1.08. The van der Waals surface area contributed by atoms with E-state index in [1.54, 1.807) is 7.05 Å². The van der Waals surface area contributed by atoms with Crippen LogP contribution < -0.4 is 5.32 Å². The molecule has 0 aromatic carbocycles. The lowest BCUT2D eigenvalue weighted by Gasteiger charge is -2.17. The SMILES string of the molecule is CNC(Cc1cn(C)nn1)C(F)(F)F. The minimum atomic E-state index is -4.26. The number of alkyl halides is 3. The second-order valence-corrected chi connectivity index (χ2v) is 2.97. The van der Waals surface area contributed by atoms with Crippen LogP contribution in [0.4, 0.5) is 13.2 Å². The van der Waals surface area contributed by atoms with Crippen molar-refractivity contribution < 1.29 is 13.2 Å². The Balaban J connectivity index is 2.66. The van der Waals surface area contributed by atoms with E-state index in [1.165, 1.54) is 17.9 Å². The molecule has 1 N–H and O–H groups in total. The Morgan fingerprint density at radius 2 is 2.21 bits per heavy atom. The Hall–Kier alpha value is -1.11. The van der Waals surface area contributed by atoms with E-state index in [1.807, 2.05) is 0 Å². The first kappa shape index (κ1) is 11.0. The lowest BCUT2D eigenvalue weighted by atomic mass is 10.1. The fraction of sp³-hybridized carbons (Fsp3) is 0.714. The van der Waals surface area contributed by atoms with E-state index in [9.17, 15) is 13.2 Å². The highest BCUT2D eigenvalue weighted by molar-refractivity contribution is 4.97. The number of nitrogens with zero attached hydrogens (tertiary/aromatic N) is 3. The summed E-state index contributed by atoms with van der Waals surface area (Å²) in [5.74, 6) is 0. The molecule has 80 valence electrons. The fourth-order valence-electron chi connectivity index (χ4n) is 1.08. The van der Waals surface area contributed by atoms with E-state index in [2.05, 4.69) is 15.6 Å². The maximum atomic E-state index is 12.3. The Bertz CT molecular complexity index is 293. The van der Waals surface area contributed by atoms with Crippen LogP contribution in [0.2, 0.25) is 0 Å². The third kappa shape index (κ3) is 2.69. The normalized spacial score (nSPS) is 14.4. The Kier molecular flexibility index (Phi) is 3.10. The molecule has 0 saturated heterocycles. The molecule has 1 aromatic rings. The van der Waals surface area contributed by atoms with E-state index >= 15 is 0 Å². The summed E-state index contributed by atoms with van der Waals surface area (Å²) < 4.78 is 38.3. The average molecular weight is 208 g/mol. The summed E-state index contributed by atoms with van der Waals surface area (Å²) in [5, 5.41) is 9.35. The van der Waals surface area contributed by atoms with Crippen molar-refractivity contribution in [2.24, 2.45) is 7.05 Å². The van der Waals surface area contributed by atoms with Gasteiger partial charge in [-0.05, 0) is 7.05 Å². The molecule has 7 heteroatoms. The zero-order valence-corrected chi connectivity index (χ0v) is 7.84. The smallest absolute Gasteiger partial charge is 0.309 e. The largest absolute Gasteiger partial charge is 0.404 e. The summed E-state index contributed by atoms with van der Waals surface area (Å²) in [5.41, 5.74) is 0.323. The van der Waals surface area contributed by atoms with Gasteiger partial charge in [-0.2, -0.15) is 13.2 Å².